The number of pyridine rings is 1. The van der Waals surface area contributed by atoms with E-state index in [-0.39, 0.29) is 23.2 Å². The van der Waals surface area contributed by atoms with Gasteiger partial charge in [-0.1, -0.05) is 11.8 Å². The second-order valence-electron chi connectivity index (χ2n) is 6.83. The fourth-order valence-electron chi connectivity index (χ4n) is 3.05. The van der Waals surface area contributed by atoms with Gasteiger partial charge in [-0.15, -0.1) is 10.2 Å². The number of nitrogens with two attached hydrogens (primary N) is 1. The quantitative estimate of drug-likeness (QED) is 0.460. The minimum absolute atomic E-state index is 0.0461. The predicted molar refractivity (Wildman–Crippen MR) is 108 cm³/mol. The van der Waals surface area contributed by atoms with Crippen LogP contribution in [-0.4, -0.2) is 40.4 Å². The molecular weight excluding hydrogens is 394 g/mol. The van der Waals surface area contributed by atoms with Gasteiger partial charge in [-0.25, -0.2) is 4.79 Å². The Balaban J connectivity index is 1.63. The molecule has 0 aromatic carbocycles. The van der Waals surface area contributed by atoms with Crippen LogP contribution >= 0.6 is 11.8 Å². The van der Waals surface area contributed by atoms with Gasteiger partial charge in [0.1, 0.15) is 11.4 Å². The number of hydrogen-bond acceptors (Lipinski definition) is 8. The van der Waals surface area contributed by atoms with Crippen LogP contribution in [-0.2, 0) is 14.1 Å². The highest BCUT2D eigenvalue weighted by atomic mass is 32.2. The van der Waals surface area contributed by atoms with Crippen LogP contribution in [0.5, 0.6) is 0 Å². The van der Waals surface area contributed by atoms with E-state index < -0.39 is 17.0 Å². The molecule has 0 amide bonds. The van der Waals surface area contributed by atoms with E-state index in [1.54, 1.807) is 12.4 Å². The Labute approximate surface area is 169 Å². The third-order valence-corrected chi connectivity index (χ3v) is 5.76. The number of rotatable bonds is 6. The third-order valence-electron chi connectivity index (χ3n) is 4.82. The zero-order chi connectivity index (χ0) is 20.7. The molecular formula is C18H19N7O3S. The van der Waals surface area contributed by atoms with Gasteiger partial charge in [0.2, 0.25) is 0 Å². The van der Waals surface area contributed by atoms with Crippen molar-refractivity contribution < 1.29 is 4.79 Å². The molecule has 0 saturated heterocycles. The van der Waals surface area contributed by atoms with Crippen molar-refractivity contribution in [3.05, 3.63) is 50.9 Å². The number of anilines is 1. The van der Waals surface area contributed by atoms with Crippen LogP contribution in [0, 0.1) is 0 Å². The molecule has 0 unspecified atom stereocenters. The lowest BCUT2D eigenvalue weighted by Gasteiger charge is -2.11. The first kappa shape index (κ1) is 19.1. The van der Waals surface area contributed by atoms with E-state index in [1.807, 2.05) is 16.7 Å². The van der Waals surface area contributed by atoms with Gasteiger partial charge in [-0.05, 0) is 25.0 Å². The van der Waals surface area contributed by atoms with Gasteiger partial charge in [0, 0.05) is 38.1 Å². The highest BCUT2D eigenvalue weighted by Crippen LogP contribution is 2.41. The molecule has 11 heteroatoms. The molecule has 150 valence electrons. The first-order valence-corrected chi connectivity index (χ1v) is 9.95. The number of carbonyl (C=O) groups excluding carboxylic acids is 1. The average Bonchev–Trinajstić information content (AvgIpc) is 3.48. The molecule has 1 saturated carbocycles. The Morgan fingerprint density at radius 2 is 2.00 bits per heavy atom. The Morgan fingerprint density at radius 3 is 2.66 bits per heavy atom. The Bertz CT molecular complexity index is 1210. The van der Waals surface area contributed by atoms with Crippen LogP contribution < -0.4 is 17.0 Å². The van der Waals surface area contributed by atoms with E-state index in [0.717, 1.165) is 27.5 Å². The van der Waals surface area contributed by atoms with E-state index >= 15 is 0 Å². The maximum atomic E-state index is 12.8. The zero-order valence-corrected chi connectivity index (χ0v) is 16.7. The minimum atomic E-state index is -0.698. The van der Waals surface area contributed by atoms with Crippen LogP contribution in [0.3, 0.4) is 0 Å². The number of carbonyl (C=O) groups is 1. The molecule has 1 aliphatic carbocycles. The third kappa shape index (κ3) is 3.37. The number of aromatic nitrogens is 6. The van der Waals surface area contributed by atoms with Crippen molar-refractivity contribution in [1.82, 2.24) is 28.9 Å². The number of thioether (sulfide) groups is 1. The molecule has 4 rings (SSSR count). The van der Waals surface area contributed by atoms with Gasteiger partial charge in [-0.2, -0.15) is 0 Å². The number of ketones is 1. The molecule has 0 aliphatic heterocycles. The second kappa shape index (κ2) is 7.32. The SMILES string of the molecule is Cn1c(N)c(C(=O)CSc2nnc(-c3cccnc3)n2C2CC2)c(=O)n(C)c1=O. The summed E-state index contributed by atoms with van der Waals surface area (Å²) in [5, 5.41) is 9.11. The number of nitrogen functional groups attached to an aromatic ring is 1. The summed E-state index contributed by atoms with van der Waals surface area (Å²) < 4.78 is 3.98. The summed E-state index contributed by atoms with van der Waals surface area (Å²) in [6, 6.07) is 4.02. The van der Waals surface area contributed by atoms with Crippen LogP contribution in [0.4, 0.5) is 5.82 Å². The lowest BCUT2D eigenvalue weighted by atomic mass is 10.2. The van der Waals surface area contributed by atoms with Crippen molar-refractivity contribution in [3.8, 4) is 11.4 Å². The van der Waals surface area contributed by atoms with Gasteiger partial charge >= 0.3 is 5.69 Å². The Morgan fingerprint density at radius 1 is 1.24 bits per heavy atom. The van der Waals surface area contributed by atoms with Crippen LogP contribution in [0.1, 0.15) is 29.2 Å². The van der Waals surface area contributed by atoms with Gasteiger partial charge < -0.3 is 5.73 Å². The molecule has 3 heterocycles. The molecule has 0 atom stereocenters. The lowest BCUT2D eigenvalue weighted by molar-refractivity contribution is 0.102. The second-order valence-corrected chi connectivity index (χ2v) is 7.77. The molecule has 3 aromatic rings. The molecule has 2 N–H and O–H groups in total. The average molecular weight is 413 g/mol. The van der Waals surface area contributed by atoms with Crippen LogP contribution in [0.15, 0.2) is 39.3 Å². The highest BCUT2D eigenvalue weighted by Gasteiger charge is 2.31. The summed E-state index contributed by atoms with van der Waals surface area (Å²) in [5.41, 5.74) is 5.26. The topological polar surface area (TPSA) is 131 Å². The summed E-state index contributed by atoms with van der Waals surface area (Å²) in [6.07, 6.45) is 5.44. The van der Waals surface area contributed by atoms with Crippen molar-refractivity contribution in [2.75, 3.05) is 11.5 Å². The predicted octanol–water partition coefficient (Wildman–Crippen LogP) is 0.630. The Kier molecular flexibility index (Phi) is 4.82. The maximum Gasteiger partial charge on any atom is 0.332 e. The van der Waals surface area contributed by atoms with E-state index in [9.17, 15) is 14.4 Å². The molecule has 29 heavy (non-hydrogen) atoms. The largest absolute Gasteiger partial charge is 0.384 e. The molecule has 1 aliphatic rings. The summed E-state index contributed by atoms with van der Waals surface area (Å²) in [5.74, 6) is 0.0590. The van der Waals surface area contributed by atoms with Gasteiger partial charge in [-0.3, -0.25) is 28.3 Å². The Hall–Kier alpha value is -3.21. The van der Waals surface area contributed by atoms with Crippen molar-refractivity contribution in [2.24, 2.45) is 14.1 Å². The van der Waals surface area contributed by atoms with Crippen molar-refractivity contribution in [3.63, 3.8) is 0 Å². The molecule has 0 spiro atoms. The van der Waals surface area contributed by atoms with E-state index in [1.165, 1.54) is 25.9 Å². The number of Topliss-reactive ketones (excluding diaryl/α,β-unsaturated/α-hetero) is 1. The number of nitrogens with zero attached hydrogens (tertiary/aromatic N) is 6. The monoisotopic (exact) mass is 413 g/mol. The maximum absolute atomic E-state index is 12.8. The fourth-order valence-corrected chi connectivity index (χ4v) is 3.93. The van der Waals surface area contributed by atoms with Crippen LogP contribution in [0.2, 0.25) is 0 Å². The van der Waals surface area contributed by atoms with Crippen molar-refractivity contribution >= 4 is 23.4 Å². The molecule has 3 aromatic heterocycles. The summed E-state index contributed by atoms with van der Waals surface area (Å²) in [7, 11) is 2.74. The smallest absolute Gasteiger partial charge is 0.332 e. The standard InChI is InChI=1S/C18H19N7O3S/c1-23-14(19)13(16(27)24(2)18(23)28)12(26)9-29-17-22-21-15(25(17)11-5-6-11)10-4-3-7-20-8-10/h3-4,7-8,11H,5-6,9,19H2,1-2H3. The molecule has 0 radical (unpaired) electrons. The van der Waals surface area contributed by atoms with Gasteiger partial charge in [0.15, 0.2) is 16.8 Å². The molecule has 0 bridgehead atoms. The van der Waals surface area contributed by atoms with Crippen molar-refractivity contribution in [2.45, 2.75) is 24.0 Å². The minimum Gasteiger partial charge on any atom is -0.384 e. The zero-order valence-electron chi connectivity index (χ0n) is 15.9. The van der Waals surface area contributed by atoms with Crippen LogP contribution in [0.25, 0.3) is 11.4 Å². The number of hydrogen-bond donors (Lipinski definition) is 1. The fraction of sp³-hybridized carbons (Fsp3) is 0.333. The summed E-state index contributed by atoms with van der Waals surface area (Å²) in [6.45, 7) is 0. The van der Waals surface area contributed by atoms with Gasteiger partial charge in [0.05, 0.1) is 5.75 Å². The van der Waals surface area contributed by atoms with Crippen molar-refractivity contribution in [1.29, 1.82) is 0 Å². The molecule has 1 fully saturated rings. The van der Waals surface area contributed by atoms with E-state index in [2.05, 4.69) is 15.2 Å². The summed E-state index contributed by atoms with van der Waals surface area (Å²) in [4.78, 5) is 41.2. The van der Waals surface area contributed by atoms with Gasteiger partial charge in [0.25, 0.3) is 5.56 Å². The first-order valence-electron chi connectivity index (χ1n) is 8.97. The first-order chi connectivity index (χ1) is 13.9. The van der Waals surface area contributed by atoms with E-state index in [4.69, 9.17) is 5.73 Å². The summed E-state index contributed by atoms with van der Waals surface area (Å²) >= 11 is 1.20. The van der Waals surface area contributed by atoms with E-state index in [0.29, 0.717) is 11.0 Å². The normalized spacial score (nSPS) is 13.6. The molecule has 10 nitrogen and oxygen atoms in total. The lowest BCUT2D eigenvalue weighted by Crippen LogP contribution is -2.41. The highest BCUT2D eigenvalue weighted by molar-refractivity contribution is 7.99.